The zero-order valence-electron chi connectivity index (χ0n) is 11.6. The molecule has 112 valence electrons. The number of oxime groups is 1. The van der Waals surface area contributed by atoms with Crippen LogP contribution in [0, 0.1) is 0 Å². The minimum atomic E-state index is -0.423. The highest BCUT2D eigenvalue weighted by Crippen LogP contribution is 2.13. The molecule has 4 N–H and O–H groups in total. The van der Waals surface area contributed by atoms with E-state index in [1.54, 1.807) is 12.1 Å². The number of amidine groups is 1. The second-order valence-electron chi connectivity index (χ2n) is 4.76. The second kappa shape index (κ2) is 6.31. The highest BCUT2D eigenvalue weighted by molar-refractivity contribution is 6.00. The number of piperidine rings is 1. The Bertz CT molecular complexity index is 587. The molecule has 21 heavy (non-hydrogen) atoms. The molecule has 1 aromatic heterocycles. The van der Waals surface area contributed by atoms with Gasteiger partial charge in [0.25, 0.3) is 0 Å². The summed E-state index contributed by atoms with van der Waals surface area (Å²) in [6, 6.07) is 3.08. The van der Waals surface area contributed by atoms with Crippen molar-refractivity contribution in [3.05, 3.63) is 29.6 Å². The minimum absolute atomic E-state index is 0.0883. The van der Waals surface area contributed by atoms with E-state index < -0.39 is 6.04 Å². The van der Waals surface area contributed by atoms with Crippen LogP contribution in [0.4, 0.5) is 0 Å². The van der Waals surface area contributed by atoms with Crippen LogP contribution in [0.25, 0.3) is 0 Å². The van der Waals surface area contributed by atoms with Gasteiger partial charge in [0.05, 0.1) is 6.04 Å². The predicted molar refractivity (Wildman–Crippen MR) is 74.4 cm³/mol. The van der Waals surface area contributed by atoms with Crippen LogP contribution >= 0.6 is 0 Å². The van der Waals surface area contributed by atoms with Crippen molar-refractivity contribution in [2.24, 2.45) is 10.9 Å². The van der Waals surface area contributed by atoms with Crippen molar-refractivity contribution in [2.75, 3.05) is 7.05 Å². The number of nitrogens with zero attached hydrogens (tertiary/aromatic N) is 3. The molecule has 0 saturated carbocycles. The molecule has 0 bridgehead atoms. The number of carbonyl (C=O) groups is 2. The van der Waals surface area contributed by atoms with Crippen molar-refractivity contribution >= 4 is 17.6 Å². The molecule has 2 heterocycles. The summed E-state index contributed by atoms with van der Waals surface area (Å²) in [5.74, 6) is -0.507. The number of amides is 2. The van der Waals surface area contributed by atoms with Gasteiger partial charge in [-0.1, -0.05) is 11.2 Å². The number of hydrogen-bond donors (Lipinski definition) is 3. The quantitative estimate of drug-likeness (QED) is 0.224. The number of pyridine rings is 1. The topological polar surface area (TPSA) is 121 Å². The van der Waals surface area contributed by atoms with Gasteiger partial charge in [-0.3, -0.25) is 19.5 Å². The molecule has 8 nitrogen and oxygen atoms in total. The van der Waals surface area contributed by atoms with Crippen LogP contribution in [-0.4, -0.2) is 45.8 Å². The molecule has 1 aliphatic rings. The fraction of sp³-hybridized carbons (Fsp3) is 0.385. The van der Waals surface area contributed by atoms with E-state index in [0.717, 1.165) is 4.90 Å². The average molecular weight is 291 g/mol. The normalized spacial score (nSPS) is 20.0. The third kappa shape index (κ3) is 3.16. The molecule has 0 radical (unpaired) electrons. The first-order chi connectivity index (χ1) is 10.0. The van der Waals surface area contributed by atoms with E-state index in [-0.39, 0.29) is 17.6 Å². The molecule has 2 rings (SSSR count). The first kappa shape index (κ1) is 14.9. The van der Waals surface area contributed by atoms with Crippen LogP contribution in [0.3, 0.4) is 0 Å². The first-order valence-corrected chi connectivity index (χ1v) is 6.50. The Labute approximate surface area is 121 Å². The molecule has 1 aliphatic heterocycles. The Hall–Kier alpha value is -2.48. The zero-order valence-corrected chi connectivity index (χ0v) is 11.6. The Kier molecular flexibility index (Phi) is 4.49. The average Bonchev–Trinajstić information content (AvgIpc) is 2.51. The molecule has 0 spiro atoms. The van der Waals surface area contributed by atoms with Crippen LogP contribution in [0.15, 0.2) is 23.5 Å². The van der Waals surface area contributed by atoms with Crippen molar-refractivity contribution in [1.82, 2.24) is 15.2 Å². The van der Waals surface area contributed by atoms with E-state index in [1.165, 1.54) is 13.2 Å². The van der Waals surface area contributed by atoms with E-state index in [1.807, 2.05) is 0 Å². The number of aromatic nitrogens is 1. The van der Waals surface area contributed by atoms with Crippen molar-refractivity contribution in [3.63, 3.8) is 0 Å². The van der Waals surface area contributed by atoms with E-state index in [9.17, 15) is 9.59 Å². The lowest BCUT2D eigenvalue weighted by Crippen LogP contribution is -2.51. The van der Waals surface area contributed by atoms with E-state index in [4.69, 9.17) is 10.9 Å². The summed E-state index contributed by atoms with van der Waals surface area (Å²) in [5.41, 5.74) is 6.63. The standard InChI is InChI=1S/C13H17N5O3/c1-18-10(19)5-4-9(13(18)20)16-7-8-3-2-6-15-11(8)12(14)17-21/h2-3,6,9,16,21H,4-5,7H2,1H3,(H2,14,17). The third-order valence-electron chi connectivity index (χ3n) is 3.43. The highest BCUT2D eigenvalue weighted by atomic mass is 16.4. The predicted octanol–water partition coefficient (Wildman–Crippen LogP) is -0.587. The largest absolute Gasteiger partial charge is 0.409 e. The van der Waals surface area contributed by atoms with Crippen LogP contribution in [0.1, 0.15) is 24.1 Å². The van der Waals surface area contributed by atoms with E-state index >= 15 is 0 Å². The summed E-state index contributed by atoms with van der Waals surface area (Å²) in [7, 11) is 1.48. The summed E-state index contributed by atoms with van der Waals surface area (Å²) in [6.07, 6.45) is 2.33. The Balaban J connectivity index is 2.07. The zero-order chi connectivity index (χ0) is 15.4. The number of likely N-dealkylation sites (N-methyl/N-ethyl adjacent to an activating group) is 1. The molecular weight excluding hydrogens is 274 g/mol. The molecule has 1 unspecified atom stereocenters. The summed E-state index contributed by atoms with van der Waals surface area (Å²) in [4.78, 5) is 28.6. The lowest BCUT2D eigenvalue weighted by atomic mass is 10.0. The van der Waals surface area contributed by atoms with Crippen LogP contribution in [0.2, 0.25) is 0 Å². The fourth-order valence-corrected chi connectivity index (χ4v) is 2.20. The first-order valence-electron chi connectivity index (χ1n) is 6.50. The monoisotopic (exact) mass is 291 g/mol. The number of imide groups is 1. The third-order valence-corrected chi connectivity index (χ3v) is 3.43. The minimum Gasteiger partial charge on any atom is -0.409 e. The van der Waals surface area contributed by atoms with Crippen molar-refractivity contribution < 1.29 is 14.8 Å². The number of hydrogen-bond acceptors (Lipinski definition) is 6. The molecule has 0 aliphatic carbocycles. The molecule has 1 atom stereocenters. The second-order valence-corrected chi connectivity index (χ2v) is 4.76. The van der Waals surface area contributed by atoms with Gasteiger partial charge >= 0.3 is 0 Å². The number of carbonyl (C=O) groups excluding carboxylic acids is 2. The summed E-state index contributed by atoms with van der Waals surface area (Å²) >= 11 is 0. The lowest BCUT2D eigenvalue weighted by molar-refractivity contribution is -0.148. The maximum atomic E-state index is 12.0. The maximum Gasteiger partial charge on any atom is 0.246 e. The maximum absolute atomic E-state index is 12.0. The number of nitrogens with two attached hydrogens (primary N) is 1. The summed E-state index contributed by atoms with van der Waals surface area (Å²) < 4.78 is 0. The van der Waals surface area contributed by atoms with Gasteiger partial charge in [-0.05, 0) is 18.1 Å². The van der Waals surface area contributed by atoms with Crippen LogP contribution in [-0.2, 0) is 16.1 Å². The Morgan fingerprint density at radius 1 is 1.62 bits per heavy atom. The lowest BCUT2D eigenvalue weighted by Gasteiger charge is -2.28. The fourth-order valence-electron chi connectivity index (χ4n) is 2.20. The molecule has 1 saturated heterocycles. The van der Waals surface area contributed by atoms with Gasteiger partial charge < -0.3 is 16.3 Å². The van der Waals surface area contributed by atoms with Gasteiger partial charge in [0.2, 0.25) is 11.8 Å². The van der Waals surface area contributed by atoms with Crippen molar-refractivity contribution in [3.8, 4) is 0 Å². The molecular formula is C13H17N5O3. The Morgan fingerprint density at radius 2 is 2.38 bits per heavy atom. The Morgan fingerprint density at radius 3 is 3.10 bits per heavy atom. The number of likely N-dealkylation sites (tertiary alicyclic amines) is 1. The van der Waals surface area contributed by atoms with Gasteiger partial charge in [0.1, 0.15) is 5.69 Å². The van der Waals surface area contributed by atoms with E-state index in [0.29, 0.717) is 30.6 Å². The number of rotatable bonds is 4. The van der Waals surface area contributed by atoms with Gasteiger partial charge in [0, 0.05) is 26.2 Å². The summed E-state index contributed by atoms with van der Waals surface area (Å²) in [5, 5.41) is 14.8. The van der Waals surface area contributed by atoms with Gasteiger partial charge in [0.15, 0.2) is 5.84 Å². The number of nitrogens with one attached hydrogen (secondary N) is 1. The molecule has 0 aromatic carbocycles. The highest BCUT2D eigenvalue weighted by Gasteiger charge is 2.31. The van der Waals surface area contributed by atoms with Gasteiger partial charge in [-0.25, -0.2) is 0 Å². The molecule has 2 amide bonds. The molecule has 1 aromatic rings. The summed E-state index contributed by atoms with van der Waals surface area (Å²) in [6.45, 7) is 0.331. The smallest absolute Gasteiger partial charge is 0.246 e. The van der Waals surface area contributed by atoms with E-state index in [2.05, 4.69) is 15.5 Å². The molecule has 1 fully saturated rings. The SMILES string of the molecule is CN1C(=O)CCC(NCc2cccnc2C(N)=NO)C1=O. The van der Waals surface area contributed by atoms with Crippen LogP contribution in [0.5, 0.6) is 0 Å². The van der Waals surface area contributed by atoms with Crippen molar-refractivity contribution in [2.45, 2.75) is 25.4 Å². The van der Waals surface area contributed by atoms with Gasteiger partial charge in [-0.15, -0.1) is 0 Å². The van der Waals surface area contributed by atoms with Gasteiger partial charge in [-0.2, -0.15) is 0 Å². The molecule has 8 heteroatoms. The van der Waals surface area contributed by atoms with Crippen molar-refractivity contribution in [1.29, 1.82) is 0 Å². The van der Waals surface area contributed by atoms with Crippen LogP contribution < -0.4 is 11.1 Å².